The first-order valence-electron chi connectivity index (χ1n) is 8.00. The zero-order valence-electron chi connectivity index (χ0n) is 13.9. The van der Waals surface area contributed by atoms with Gasteiger partial charge < -0.3 is 15.2 Å². The molecular formula is C19H20BrNO4. The van der Waals surface area contributed by atoms with Crippen LogP contribution in [0.2, 0.25) is 0 Å². The Hall–Kier alpha value is -2.34. The van der Waals surface area contributed by atoms with E-state index in [-0.39, 0.29) is 12.3 Å². The van der Waals surface area contributed by atoms with Crippen LogP contribution in [0.5, 0.6) is 5.75 Å². The van der Waals surface area contributed by atoms with Crippen LogP contribution in [0.25, 0.3) is 0 Å². The number of carbonyl (C=O) groups excluding carboxylic acids is 1. The van der Waals surface area contributed by atoms with Crippen molar-refractivity contribution in [3.63, 3.8) is 0 Å². The van der Waals surface area contributed by atoms with Gasteiger partial charge in [-0.15, -0.1) is 0 Å². The van der Waals surface area contributed by atoms with Crippen LogP contribution in [0.4, 0.5) is 0 Å². The van der Waals surface area contributed by atoms with Crippen molar-refractivity contribution in [3.8, 4) is 5.75 Å². The summed E-state index contributed by atoms with van der Waals surface area (Å²) < 4.78 is 6.31. The zero-order chi connectivity index (χ0) is 18.2. The van der Waals surface area contributed by atoms with Crippen LogP contribution in [-0.2, 0) is 4.79 Å². The van der Waals surface area contributed by atoms with Gasteiger partial charge in [0, 0.05) is 10.0 Å². The Morgan fingerprint density at radius 1 is 1.20 bits per heavy atom. The van der Waals surface area contributed by atoms with Crippen molar-refractivity contribution in [2.24, 2.45) is 0 Å². The number of hydrogen-bond acceptors (Lipinski definition) is 3. The van der Waals surface area contributed by atoms with Gasteiger partial charge >= 0.3 is 5.97 Å². The molecule has 2 aromatic rings. The van der Waals surface area contributed by atoms with E-state index in [1.54, 1.807) is 42.5 Å². The number of carboxylic acids is 1. The Morgan fingerprint density at radius 2 is 1.92 bits per heavy atom. The molecule has 2 N–H and O–H groups in total. The Bertz CT molecular complexity index is 730. The van der Waals surface area contributed by atoms with E-state index in [0.29, 0.717) is 12.2 Å². The SMILES string of the molecule is CCCOc1ccc([C@H](CC(=O)O)NC(=O)c2cccc(Br)c2)cc1. The molecule has 1 atom stereocenters. The molecule has 0 aliphatic rings. The van der Waals surface area contributed by atoms with Gasteiger partial charge in [-0.1, -0.05) is 41.1 Å². The first-order chi connectivity index (χ1) is 12.0. The first-order valence-corrected chi connectivity index (χ1v) is 8.80. The van der Waals surface area contributed by atoms with Crippen molar-refractivity contribution in [2.75, 3.05) is 6.61 Å². The summed E-state index contributed by atoms with van der Waals surface area (Å²) in [4.78, 5) is 23.6. The first kappa shape index (κ1) is 19.0. The third-order valence-electron chi connectivity index (χ3n) is 3.53. The van der Waals surface area contributed by atoms with Gasteiger partial charge in [-0.2, -0.15) is 0 Å². The van der Waals surface area contributed by atoms with Gasteiger partial charge in [0.05, 0.1) is 19.1 Å². The fraction of sp³-hybridized carbons (Fsp3) is 0.263. The average molecular weight is 406 g/mol. The molecule has 5 nitrogen and oxygen atoms in total. The number of rotatable bonds is 8. The molecule has 1 amide bonds. The topological polar surface area (TPSA) is 75.6 Å². The Morgan fingerprint density at radius 3 is 2.52 bits per heavy atom. The fourth-order valence-electron chi connectivity index (χ4n) is 2.31. The molecule has 2 aromatic carbocycles. The van der Waals surface area contributed by atoms with Gasteiger partial charge in [0.2, 0.25) is 0 Å². The highest BCUT2D eigenvalue weighted by Crippen LogP contribution is 2.22. The third-order valence-corrected chi connectivity index (χ3v) is 4.02. The maximum Gasteiger partial charge on any atom is 0.305 e. The van der Waals surface area contributed by atoms with Crippen LogP contribution in [0.1, 0.15) is 41.7 Å². The largest absolute Gasteiger partial charge is 0.494 e. The second-order valence-electron chi connectivity index (χ2n) is 5.55. The number of carboxylic acid groups (broad SMARTS) is 1. The van der Waals surface area contributed by atoms with Crippen LogP contribution in [0.3, 0.4) is 0 Å². The molecule has 0 radical (unpaired) electrons. The number of hydrogen-bond donors (Lipinski definition) is 2. The lowest BCUT2D eigenvalue weighted by Gasteiger charge is -2.18. The fourth-order valence-corrected chi connectivity index (χ4v) is 2.71. The monoisotopic (exact) mass is 405 g/mol. The highest BCUT2D eigenvalue weighted by atomic mass is 79.9. The van der Waals surface area contributed by atoms with E-state index in [9.17, 15) is 9.59 Å². The van der Waals surface area contributed by atoms with Crippen molar-refractivity contribution in [1.29, 1.82) is 0 Å². The highest BCUT2D eigenvalue weighted by molar-refractivity contribution is 9.10. The van der Waals surface area contributed by atoms with Crippen molar-refractivity contribution < 1.29 is 19.4 Å². The molecule has 0 heterocycles. The second-order valence-corrected chi connectivity index (χ2v) is 6.47. The summed E-state index contributed by atoms with van der Waals surface area (Å²) in [7, 11) is 0. The molecule has 0 aromatic heterocycles. The molecule has 132 valence electrons. The van der Waals surface area contributed by atoms with E-state index < -0.39 is 12.0 Å². The van der Waals surface area contributed by atoms with Crippen LogP contribution in [0, 0.1) is 0 Å². The lowest BCUT2D eigenvalue weighted by atomic mass is 10.0. The Balaban J connectivity index is 2.15. The molecule has 0 aliphatic carbocycles. The van der Waals surface area contributed by atoms with Crippen LogP contribution in [0.15, 0.2) is 53.0 Å². The number of ether oxygens (including phenoxy) is 1. The third kappa shape index (κ3) is 5.90. The number of carbonyl (C=O) groups is 2. The molecule has 0 unspecified atom stereocenters. The normalized spacial score (nSPS) is 11.6. The van der Waals surface area contributed by atoms with Gasteiger partial charge in [-0.25, -0.2) is 0 Å². The molecule has 0 bridgehead atoms. The van der Waals surface area contributed by atoms with Crippen LogP contribution in [-0.4, -0.2) is 23.6 Å². The zero-order valence-corrected chi connectivity index (χ0v) is 15.5. The molecule has 6 heteroatoms. The quantitative estimate of drug-likeness (QED) is 0.690. The summed E-state index contributed by atoms with van der Waals surface area (Å²) in [5, 5.41) is 11.9. The van der Waals surface area contributed by atoms with Crippen molar-refractivity contribution >= 4 is 27.8 Å². The predicted molar refractivity (Wildman–Crippen MR) is 98.8 cm³/mol. The molecule has 0 saturated carbocycles. The molecule has 0 fully saturated rings. The average Bonchev–Trinajstić information content (AvgIpc) is 2.59. The minimum Gasteiger partial charge on any atom is -0.494 e. The van der Waals surface area contributed by atoms with E-state index in [1.807, 2.05) is 13.0 Å². The summed E-state index contributed by atoms with van der Waals surface area (Å²) in [6, 6.07) is 13.4. The summed E-state index contributed by atoms with van der Waals surface area (Å²) in [5.41, 5.74) is 1.18. The molecular weight excluding hydrogens is 386 g/mol. The lowest BCUT2D eigenvalue weighted by Crippen LogP contribution is -2.30. The van der Waals surface area contributed by atoms with Gasteiger partial charge in [-0.3, -0.25) is 9.59 Å². The number of aliphatic carboxylic acids is 1. The Kier molecular flexibility index (Phi) is 7.01. The smallest absolute Gasteiger partial charge is 0.305 e. The summed E-state index contributed by atoms with van der Waals surface area (Å²) in [6.45, 7) is 2.65. The van der Waals surface area contributed by atoms with E-state index in [0.717, 1.165) is 22.2 Å². The van der Waals surface area contributed by atoms with Crippen LogP contribution < -0.4 is 10.1 Å². The number of benzene rings is 2. The minimum atomic E-state index is -0.981. The summed E-state index contributed by atoms with van der Waals surface area (Å²) >= 11 is 3.32. The number of amides is 1. The van der Waals surface area contributed by atoms with Crippen molar-refractivity contribution in [1.82, 2.24) is 5.32 Å². The highest BCUT2D eigenvalue weighted by Gasteiger charge is 2.19. The number of halogens is 1. The molecule has 0 aliphatic heterocycles. The van der Waals surface area contributed by atoms with Gasteiger partial charge in [-0.05, 0) is 42.3 Å². The second kappa shape index (κ2) is 9.22. The lowest BCUT2D eigenvalue weighted by molar-refractivity contribution is -0.137. The van der Waals surface area contributed by atoms with Gasteiger partial charge in [0.1, 0.15) is 5.75 Å². The van der Waals surface area contributed by atoms with E-state index in [2.05, 4.69) is 21.2 Å². The molecule has 0 spiro atoms. The minimum absolute atomic E-state index is 0.199. The van der Waals surface area contributed by atoms with E-state index >= 15 is 0 Å². The predicted octanol–water partition coefficient (Wildman–Crippen LogP) is 4.18. The maximum absolute atomic E-state index is 12.4. The van der Waals surface area contributed by atoms with Crippen molar-refractivity contribution in [2.45, 2.75) is 25.8 Å². The van der Waals surface area contributed by atoms with Gasteiger partial charge in [0.15, 0.2) is 0 Å². The molecule has 0 saturated heterocycles. The van der Waals surface area contributed by atoms with Crippen LogP contribution >= 0.6 is 15.9 Å². The molecule has 25 heavy (non-hydrogen) atoms. The van der Waals surface area contributed by atoms with Gasteiger partial charge in [0.25, 0.3) is 5.91 Å². The van der Waals surface area contributed by atoms with Crippen molar-refractivity contribution in [3.05, 3.63) is 64.1 Å². The number of nitrogens with one attached hydrogen (secondary N) is 1. The maximum atomic E-state index is 12.4. The summed E-state index contributed by atoms with van der Waals surface area (Å²) in [6.07, 6.45) is 0.709. The van der Waals surface area contributed by atoms with E-state index in [1.165, 1.54) is 0 Å². The summed E-state index contributed by atoms with van der Waals surface area (Å²) in [5.74, 6) is -0.581. The van der Waals surface area contributed by atoms with E-state index in [4.69, 9.17) is 9.84 Å². The Labute approximate surface area is 155 Å². The molecule has 2 rings (SSSR count). The standard InChI is InChI=1S/C19H20BrNO4/c1-2-10-25-16-8-6-13(7-9-16)17(12-18(22)23)21-19(24)14-4-3-5-15(20)11-14/h3-9,11,17H,2,10,12H2,1H3,(H,21,24)(H,22,23)/t17-/m0/s1.